The summed E-state index contributed by atoms with van der Waals surface area (Å²) in [4.78, 5) is 16.9. The van der Waals surface area contributed by atoms with Crippen LogP contribution in [-0.2, 0) is 4.79 Å². The summed E-state index contributed by atoms with van der Waals surface area (Å²) in [6.45, 7) is 0. The highest BCUT2D eigenvalue weighted by molar-refractivity contribution is 6.30. The number of rotatable bonds is 1. The highest BCUT2D eigenvalue weighted by Gasteiger charge is 1.86. The van der Waals surface area contributed by atoms with Gasteiger partial charge in [0.05, 0.1) is 5.69 Å². The Balaban J connectivity index is 0.000000181. The molecule has 4 heteroatoms. The minimum atomic E-state index is 0.569. The maximum absolute atomic E-state index is 9.73. The Morgan fingerprint density at radius 1 is 1.06 bits per heavy atom. The summed E-state index contributed by atoms with van der Waals surface area (Å²) in [7, 11) is 0. The normalized spacial score (nSPS) is 8.31. The van der Waals surface area contributed by atoms with Gasteiger partial charge in [0.15, 0.2) is 0 Å². The van der Waals surface area contributed by atoms with Crippen LogP contribution in [0.3, 0.4) is 0 Å². The number of pyridine rings is 1. The van der Waals surface area contributed by atoms with E-state index in [9.17, 15) is 4.79 Å². The van der Waals surface area contributed by atoms with Gasteiger partial charge in [0.1, 0.15) is 0 Å². The Hall–Kier alpha value is -1.96. The molecule has 0 fully saturated rings. The smallest absolute Gasteiger partial charge is 0.240 e. The molecule has 0 radical (unpaired) electrons. The Kier molecular flexibility index (Phi) is 5.56. The van der Waals surface area contributed by atoms with Gasteiger partial charge in [-0.3, -0.25) is 4.98 Å². The van der Waals surface area contributed by atoms with Gasteiger partial charge in [-0.15, -0.1) is 0 Å². The Labute approximate surface area is 98.4 Å². The van der Waals surface area contributed by atoms with Crippen molar-refractivity contribution in [2.45, 2.75) is 0 Å². The lowest BCUT2D eigenvalue weighted by atomic mass is 10.3. The molecule has 1 aromatic heterocycles. The molecule has 3 nitrogen and oxygen atoms in total. The first-order chi connectivity index (χ1) is 7.83. The van der Waals surface area contributed by atoms with E-state index in [1.807, 2.05) is 18.2 Å². The van der Waals surface area contributed by atoms with Crippen LogP contribution in [0.2, 0.25) is 5.02 Å². The summed E-state index contributed by atoms with van der Waals surface area (Å²) in [6, 6.07) is 12.3. The van der Waals surface area contributed by atoms with Crippen molar-refractivity contribution in [3.8, 4) is 0 Å². The van der Waals surface area contributed by atoms with Gasteiger partial charge in [-0.2, -0.15) is 4.99 Å². The van der Waals surface area contributed by atoms with Crippen LogP contribution in [0.15, 0.2) is 59.9 Å². The van der Waals surface area contributed by atoms with Crippen molar-refractivity contribution in [3.63, 3.8) is 0 Å². The van der Waals surface area contributed by atoms with Crippen molar-refractivity contribution in [2.24, 2.45) is 4.99 Å². The van der Waals surface area contributed by atoms with Crippen molar-refractivity contribution >= 4 is 23.4 Å². The van der Waals surface area contributed by atoms with Gasteiger partial charge in [0, 0.05) is 17.4 Å². The molecule has 0 saturated heterocycles. The number of nitrogens with zero attached hydrogens (tertiary/aromatic N) is 2. The van der Waals surface area contributed by atoms with E-state index in [0.717, 1.165) is 0 Å². The molecule has 0 spiro atoms. The summed E-state index contributed by atoms with van der Waals surface area (Å²) in [5, 5.41) is 0.629. The molecular weight excluding hydrogens is 224 g/mol. The molecule has 0 N–H and O–H groups in total. The molecule has 2 aromatic rings. The number of hydrogen-bond donors (Lipinski definition) is 0. The summed E-state index contributed by atoms with van der Waals surface area (Å²) in [6.07, 6.45) is 4.94. The van der Waals surface area contributed by atoms with Crippen LogP contribution >= 0.6 is 11.6 Å². The largest absolute Gasteiger partial charge is 0.265 e. The maximum atomic E-state index is 9.73. The molecule has 80 valence electrons. The van der Waals surface area contributed by atoms with Crippen molar-refractivity contribution in [1.29, 1.82) is 0 Å². The summed E-state index contributed by atoms with van der Waals surface area (Å²) in [5.74, 6) is 0. The average Bonchev–Trinajstić information content (AvgIpc) is 2.35. The lowest BCUT2D eigenvalue weighted by Gasteiger charge is -1.88. The minimum Gasteiger partial charge on any atom is -0.265 e. The zero-order valence-electron chi connectivity index (χ0n) is 8.38. The number of aromatic nitrogens is 1. The predicted molar refractivity (Wildman–Crippen MR) is 63.5 cm³/mol. The van der Waals surface area contributed by atoms with Crippen molar-refractivity contribution in [1.82, 2.24) is 4.98 Å². The predicted octanol–water partition coefficient (Wildman–Crippen LogP) is 3.39. The van der Waals surface area contributed by atoms with E-state index >= 15 is 0 Å². The van der Waals surface area contributed by atoms with Crippen molar-refractivity contribution < 1.29 is 4.79 Å². The first-order valence-corrected chi connectivity index (χ1v) is 4.89. The molecule has 0 aliphatic carbocycles. The quantitative estimate of drug-likeness (QED) is 0.559. The molecule has 0 aliphatic rings. The molecule has 0 aliphatic heterocycles. The fraction of sp³-hybridized carbons (Fsp3) is 0. The number of benzene rings is 1. The summed E-state index contributed by atoms with van der Waals surface area (Å²) in [5.41, 5.74) is 0.569. The molecule has 0 amide bonds. The number of isocyanates is 1. The SMILES string of the molecule is O=C=Nc1ccc(Cl)cc1.c1ccncc1. The Morgan fingerprint density at radius 2 is 1.69 bits per heavy atom. The molecule has 2 rings (SSSR count). The lowest BCUT2D eigenvalue weighted by molar-refractivity contribution is 0.565. The van der Waals surface area contributed by atoms with E-state index in [1.165, 1.54) is 6.08 Å². The van der Waals surface area contributed by atoms with Gasteiger partial charge in [0.2, 0.25) is 6.08 Å². The topological polar surface area (TPSA) is 42.3 Å². The van der Waals surface area contributed by atoms with Crippen molar-refractivity contribution in [2.75, 3.05) is 0 Å². The zero-order chi connectivity index (χ0) is 11.6. The van der Waals surface area contributed by atoms with Crippen LogP contribution in [0.5, 0.6) is 0 Å². The minimum absolute atomic E-state index is 0.569. The van der Waals surface area contributed by atoms with E-state index in [1.54, 1.807) is 36.7 Å². The van der Waals surface area contributed by atoms with Crippen LogP contribution in [0, 0.1) is 0 Å². The Bertz CT molecular complexity index is 423. The van der Waals surface area contributed by atoms with Crippen LogP contribution in [0.1, 0.15) is 0 Å². The van der Waals surface area contributed by atoms with E-state index in [2.05, 4.69) is 9.98 Å². The van der Waals surface area contributed by atoms with E-state index in [-0.39, 0.29) is 0 Å². The summed E-state index contributed by atoms with van der Waals surface area (Å²) < 4.78 is 0. The second-order valence-electron chi connectivity index (χ2n) is 2.70. The third-order valence-corrected chi connectivity index (χ3v) is 1.82. The highest BCUT2D eigenvalue weighted by atomic mass is 35.5. The molecule has 0 unspecified atom stereocenters. The van der Waals surface area contributed by atoms with Gasteiger partial charge in [0.25, 0.3) is 0 Å². The van der Waals surface area contributed by atoms with Crippen molar-refractivity contribution in [3.05, 3.63) is 59.9 Å². The average molecular weight is 233 g/mol. The number of carbonyl (C=O) groups excluding carboxylic acids is 1. The van der Waals surface area contributed by atoms with Crippen LogP contribution in [0.4, 0.5) is 5.69 Å². The molecule has 0 atom stereocenters. The molecular formula is C12H9ClN2O. The first kappa shape index (κ1) is 12.1. The van der Waals surface area contributed by atoms with Crippen LogP contribution in [0.25, 0.3) is 0 Å². The molecule has 16 heavy (non-hydrogen) atoms. The van der Waals surface area contributed by atoms with Gasteiger partial charge in [-0.1, -0.05) is 17.7 Å². The van der Waals surface area contributed by atoms with Gasteiger partial charge in [-0.25, -0.2) is 4.79 Å². The standard InChI is InChI=1S/C7H4ClNO.C5H5N/c8-6-1-3-7(4-2-6)9-5-10;1-2-4-6-5-3-1/h1-4H;1-5H. The second-order valence-corrected chi connectivity index (χ2v) is 3.14. The van der Waals surface area contributed by atoms with Gasteiger partial charge < -0.3 is 0 Å². The van der Waals surface area contributed by atoms with Crippen LogP contribution in [-0.4, -0.2) is 11.1 Å². The van der Waals surface area contributed by atoms with Crippen LogP contribution < -0.4 is 0 Å². The number of hydrogen-bond acceptors (Lipinski definition) is 3. The molecule has 0 saturated carbocycles. The molecule has 0 bridgehead atoms. The van der Waals surface area contributed by atoms with E-state index < -0.39 is 0 Å². The second kappa shape index (κ2) is 7.35. The monoisotopic (exact) mass is 232 g/mol. The fourth-order valence-corrected chi connectivity index (χ4v) is 1.01. The lowest BCUT2D eigenvalue weighted by Crippen LogP contribution is -1.62. The van der Waals surface area contributed by atoms with E-state index in [4.69, 9.17) is 11.6 Å². The third-order valence-electron chi connectivity index (χ3n) is 1.57. The number of aliphatic imine (C=N–C) groups is 1. The summed E-state index contributed by atoms with van der Waals surface area (Å²) >= 11 is 5.57. The fourth-order valence-electron chi connectivity index (χ4n) is 0.881. The maximum Gasteiger partial charge on any atom is 0.240 e. The first-order valence-electron chi connectivity index (χ1n) is 4.51. The highest BCUT2D eigenvalue weighted by Crippen LogP contribution is 2.14. The van der Waals surface area contributed by atoms with Gasteiger partial charge in [-0.05, 0) is 36.4 Å². The van der Waals surface area contributed by atoms with E-state index in [0.29, 0.717) is 10.7 Å². The zero-order valence-corrected chi connectivity index (χ0v) is 9.13. The number of halogens is 1. The molecule has 1 heterocycles. The third kappa shape index (κ3) is 5.05. The Morgan fingerprint density at radius 3 is 2.06 bits per heavy atom. The van der Waals surface area contributed by atoms with Gasteiger partial charge >= 0.3 is 0 Å². The molecule has 1 aromatic carbocycles.